The fourth-order valence-electron chi connectivity index (χ4n) is 7.89. The summed E-state index contributed by atoms with van der Waals surface area (Å²) in [5, 5.41) is 0. The van der Waals surface area contributed by atoms with E-state index in [1.165, 1.54) is 73.7 Å². The van der Waals surface area contributed by atoms with Gasteiger partial charge in [0.1, 0.15) is 0 Å². The van der Waals surface area contributed by atoms with Crippen LogP contribution >= 0.6 is 0 Å². The molecule has 1 saturated heterocycles. The van der Waals surface area contributed by atoms with E-state index in [1.54, 1.807) is 22.3 Å². The molecule has 0 aromatic heterocycles. The smallest absolute Gasteiger partial charge is 0.0943 e. The molecule has 1 fully saturated rings. The first-order valence-electron chi connectivity index (χ1n) is 13.0. The zero-order chi connectivity index (χ0) is 23.2. The van der Waals surface area contributed by atoms with Crippen molar-refractivity contribution in [3.63, 3.8) is 0 Å². The molecule has 31 heavy (non-hydrogen) atoms. The Morgan fingerprint density at radius 1 is 0.613 bits per heavy atom. The first kappa shape index (κ1) is 24.6. The molecule has 174 valence electrons. The second kappa shape index (κ2) is 8.69. The van der Waals surface area contributed by atoms with Gasteiger partial charge in [0.25, 0.3) is 0 Å². The molecule has 0 amide bonds. The van der Waals surface area contributed by atoms with Crippen molar-refractivity contribution in [1.29, 1.82) is 0 Å². The van der Waals surface area contributed by atoms with Crippen LogP contribution in [0.15, 0.2) is 44.6 Å². The molecule has 1 nitrogen and oxygen atoms in total. The highest BCUT2D eigenvalue weighted by Crippen LogP contribution is 2.71. The Bertz CT molecular complexity index is 737. The van der Waals surface area contributed by atoms with Crippen LogP contribution in [0.2, 0.25) is 0 Å². The highest BCUT2D eigenvalue weighted by molar-refractivity contribution is 5.60. The second-order valence-electron chi connectivity index (χ2n) is 10.8. The van der Waals surface area contributed by atoms with Crippen LogP contribution in [0.1, 0.15) is 121 Å². The minimum absolute atomic E-state index is 0.00877. The van der Waals surface area contributed by atoms with Crippen molar-refractivity contribution in [2.75, 3.05) is 6.61 Å². The van der Waals surface area contributed by atoms with E-state index in [9.17, 15) is 0 Å². The molecule has 0 bridgehead atoms. The highest BCUT2D eigenvalue weighted by Gasteiger charge is 2.69. The molecule has 1 heteroatoms. The van der Waals surface area contributed by atoms with E-state index in [2.05, 4.69) is 69.2 Å². The summed E-state index contributed by atoms with van der Waals surface area (Å²) in [6.45, 7) is 24.8. The number of hydrogen-bond donors (Lipinski definition) is 0. The number of ether oxygens (including phenoxy) is 1. The lowest BCUT2D eigenvalue weighted by Gasteiger charge is -2.59. The average Bonchev–Trinajstić information content (AvgIpc) is 3.37. The molecular formula is C30H48O. The van der Waals surface area contributed by atoms with Crippen molar-refractivity contribution in [3.8, 4) is 0 Å². The van der Waals surface area contributed by atoms with Crippen LogP contribution in [0.25, 0.3) is 0 Å². The van der Waals surface area contributed by atoms with Gasteiger partial charge >= 0.3 is 0 Å². The Hall–Kier alpha value is -1.08. The third-order valence-corrected chi connectivity index (χ3v) is 10.1. The van der Waals surface area contributed by atoms with Crippen molar-refractivity contribution >= 4 is 0 Å². The van der Waals surface area contributed by atoms with Gasteiger partial charge < -0.3 is 4.74 Å². The summed E-state index contributed by atoms with van der Waals surface area (Å²) in [6.07, 6.45) is 9.76. The Morgan fingerprint density at radius 3 is 1.23 bits per heavy atom. The van der Waals surface area contributed by atoms with Crippen LogP contribution < -0.4 is 0 Å². The third-order valence-electron chi connectivity index (χ3n) is 10.1. The molecular weight excluding hydrogens is 376 g/mol. The van der Waals surface area contributed by atoms with Gasteiger partial charge in [-0.25, -0.2) is 0 Å². The highest BCUT2D eigenvalue weighted by atomic mass is 16.5. The molecule has 0 saturated carbocycles. The minimum atomic E-state index is -0.176. The normalized spacial score (nSPS) is 25.0. The Labute approximate surface area is 193 Å². The fraction of sp³-hybridized carbons (Fsp3) is 0.733. The van der Waals surface area contributed by atoms with Gasteiger partial charge in [0.15, 0.2) is 0 Å². The number of rotatable bonds is 8. The number of unbranched alkanes of at least 4 members (excludes halogenated alkanes) is 2. The van der Waals surface area contributed by atoms with Gasteiger partial charge in [-0.3, -0.25) is 0 Å². The van der Waals surface area contributed by atoms with Crippen molar-refractivity contribution in [2.24, 2.45) is 10.8 Å². The summed E-state index contributed by atoms with van der Waals surface area (Å²) < 4.78 is 7.25. The summed E-state index contributed by atoms with van der Waals surface area (Å²) in [5.74, 6) is 0. The fourth-order valence-corrected chi connectivity index (χ4v) is 7.89. The van der Waals surface area contributed by atoms with Gasteiger partial charge in [-0.15, -0.1) is 0 Å². The molecule has 3 aliphatic rings. The van der Waals surface area contributed by atoms with Crippen molar-refractivity contribution in [3.05, 3.63) is 44.6 Å². The summed E-state index contributed by atoms with van der Waals surface area (Å²) in [5.41, 5.74) is 12.3. The van der Waals surface area contributed by atoms with E-state index in [-0.39, 0.29) is 16.4 Å². The average molecular weight is 425 g/mol. The Morgan fingerprint density at radius 2 is 0.968 bits per heavy atom. The summed E-state index contributed by atoms with van der Waals surface area (Å²) >= 11 is 0. The van der Waals surface area contributed by atoms with Gasteiger partial charge in [0.2, 0.25) is 0 Å². The lowest BCUT2D eigenvalue weighted by Crippen LogP contribution is -2.61. The first-order chi connectivity index (χ1) is 14.6. The lowest BCUT2D eigenvalue weighted by atomic mass is 9.47. The van der Waals surface area contributed by atoms with Gasteiger partial charge in [0, 0.05) is 17.4 Å². The maximum atomic E-state index is 7.25. The van der Waals surface area contributed by atoms with Gasteiger partial charge in [-0.1, -0.05) is 61.8 Å². The summed E-state index contributed by atoms with van der Waals surface area (Å²) in [4.78, 5) is 0. The van der Waals surface area contributed by atoms with Crippen LogP contribution in [-0.2, 0) is 4.74 Å². The van der Waals surface area contributed by atoms with E-state index in [0.717, 1.165) is 6.61 Å². The predicted octanol–water partition coefficient (Wildman–Crippen LogP) is 9.26. The number of hydrogen-bond acceptors (Lipinski definition) is 1. The van der Waals surface area contributed by atoms with Crippen LogP contribution in [0.3, 0.4) is 0 Å². The van der Waals surface area contributed by atoms with Gasteiger partial charge in [-0.05, 0) is 103 Å². The first-order valence-corrected chi connectivity index (χ1v) is 13.0. The maximum Gasteiger partial charge on any atom is 0.0943 e. The zero-order valence-corrected chi connectivity index (χ0v) is 22.3. The van der Waals surface area contributed by atoms with Crippen LogP contribution in [0, 0.1) is 10.8 Å². The molecule has 1 heterocycles. The van der Waals surface area contributed by atoms with Gasteiger partial charge in [0.05, 0.1) is 5.60 Å². The molecule has 0 atom stereocenters. The second-order valence-corrected chi connectivity index (χ2v) is 10.8. The molecule has 0 aromatic rings. The molecule has 0 spiro atoms. The summed E-state index contributed by atoms with van der Waals surface area (Å²) in [7, 11) is 0. The Kier molecular flexibility index (Phi) is 6.89. The molecule has 3 rings (SSSR count). The van der Waals surface area contributed by atoms with E-state index in [4.69, 9.17) is 4.74 Å². The third kappa shape index (κ3) is 2.98. The molecule has 2 aliphatic carbocycles. The largest absolute Gasteiger partial charge is 0.372 e. The SMILES string of the molecule is CCCCC1(C2(C3(CCCC)C(C)=C(C)C(C)=C3C)CCCO2)C(C)=C(C)C(C)=C1C. The van der Waals surface area contributed by atoms with E-state index in [0.29, 0.717) is 0 Å². The minimum Gasteiger partial charge on any atom is -0.372 e. The topological polar surface area (TPSA) is 9.23 Å². The van der Waals surface area contributed by atoms with E-state index >= 15 is 0 Å². The quantitative estimate of drug-likeness (QED) is 0.377. The molecule has 0 radical (unpaired) electrons. The monoisotopic (exact) mass is 424 g/mol. The van der Waals surface area contributed by atoms with Crippen LogP contribution in [-0.4, -0.2) is 12.2 Å². The van der Waals surface area contributed by atoms with Crippen molar-refractivity contribution in [1.82, 2.24) is 0 Å². The molecule has 0 N–H and O–H groups in total. The number of allylic oxidation sites excluding steroid dienone is 4. The predicted molar refractivity (Wildman–Crippen MR) is 135 cm³/mol. The molecule has 0 aromatic carbocycles. The van der Waals surface area contributed by atoms with E-state index < -0.39 is 0 Å². The maximum absolute atomic E-state index is 7.25. The van der Waals surface area contributed by atoms with Crippen molar-refractivity contribution in [2.45, 2.75) is 126 Å². The zero-order valence-electron chi connectivity index (χ0n) is 22.3. The Balaban J connectivity index is 2.42. The molecule has 1 aliphatic heterocycles. The lowest BCUT2D eigenvalue weighted by molar-refractivity contribution is -0.137. The summed E-state index contributed by atoms with van der Waals surface area (Å²) in [6, 6.07) is 0. The van der Waals surface area contributed by atoms with E-state index in [1.807, 2.05) is 0 Å². The van der Waals surface area contributed by atoms with Gasteiger partial charge in [-0.2, -0.15) is 0 Å². The molecule has 0 unspecified atom stereocenters. The standard InChI is InChI=1S/C30H48O/c1-11-13-16-28(24(7)20(3)21(4)25(28)8)30(18-15-19-31-30)29(17-14-12-2)26(9)22(5)23(6)27(29)10/h11-19H2,1-10H3. The van der Waals surface area contributed by atoms with Crippen LogP contribution in [0.4, 0.5) is 0 Å². The van der Waals surface area contributed by atoms with Crippen molar-refractivity contribution < 1.29 is 4.74 Å². The van der Waals surface area contributed by atoms with Crippen LogP contribution in [0.5, 0.6) is 0 Å².